The van der Waals surface area contributed by atoms with Crippen LogP contribution in [0.4, 0.5) is 18.9 Å². The molecular formula is C23H22ClF3N4OP+. The van der Waals surface area contributed by atoms with Gasteiger partial charge in [0.25, 0.3) is 5.91 Å². The maximum Gasteiger partial charge on any atom is 0.417 e. The first kappa shape index (κ1) is 23.6. The summed E-state index contributed by atoms with van der Waals surface area (Å²) in [5.74, 6) is -0.418. The lowest BCUT2D eigenvalue weighted by Gasteiger charge is -2.25. The summed E-state index contributed by atoms with van der Waals surface area (Å²) in [6.07, 6.45) is -0.595. The number of anilines is 1. The van der Waals surface area contributed by atoms with E-state index >= 15 is 0 Å². The summed E-state index contributed by atoms with van der Waals surface area (Å²) >= 11 is 5.74. The van der Waals surface area contributed by atoms with E-state index < -0.39 is 22.7 Å². The normalized spacial score (nSPS) is 19.1. The molecule has 0 saturated carbocycles. The van der Waals surface area contributed by atoms with Crippen molar-refractivity contribution in [1.29, 1.82) is 0 Å². The smallest absolute Gasteiger partial charge is 0.322 e. The molecule has 172 valence electrons. The van der Waals surface area contributed by atoms with Gasteiger partial charge in [-0.25, -0.2) is 4.99 Å². The predicted octanol–water partition coefficient (Wildman–Crippen LogP) is 5.64. The molecule has 3 unspecified atom stereocenters. The van der Waals surface area contributed by atoms with Crippen LogP contribution in [-0.4, -0.2) is 35.2 Å². The summed E-state index contributed by atoms with van der Waals surface area (Å²) in [6, 6.07) is 10.3. The molecule has 2 heterocycles. The number of amides is 1. The number of nitrogens with one attached hydrogen (secondary N) is 2. The molecule has 5 nitrogen and oxygen atoms in total. The van der Waals surface area contributed by atoms with Gasteiger partial charge in [0.1, 0.15) is 6.54 Å². The second kappa shape index (κ2) is 9.37. The topological polar surface area (TPSA) is 56.5 Å². The van der Waals surface area contributed by atoms with Gasteiger partial charge in [-0.3, -0.25) is 10.1 Å². The Morgan fingerprint density at radius 3 is 2.76 bits per heavy atom. The standard InChI is InChI=1S/C23H21ClF3N4OP/c1-3-31-12-19-22(31)33-20(11-28-19)29-13(2)14-5-4-6-16(9-14)30-21(32)15-7-8-17(18(24)10-15)23(25,26)27/h4-13,20,29,33H,3H2,1-2H3/p+1. The monoisotopic (exact) mass is 493 g/mol. The molecule has 2 N–H and O–H groups in total. The minimum atomic E-state index is -4.57. The highest BCUT2D eigenvalue weighted by molar-refractivity contribution is 7.44. The molecule has 0 aromatic heterocycles. The number of rotatable bonds is 6. The second-order valence-corrected chi connectivity index (χ2v) is 9.50. The number of hydrogen-bond acceptors (Lipinski definition) is 3. The van der Waals surface area contributed by atoms with Crippen LogP contribution in [0.15, 0.2) is 58.6 Å². The summed E-state index contributed by atoms with van der Waals surface area (Å²) in [5.41, 5.74) is 2.89. The minimum Gasteiger partial charge on any atom is -0.322 e. The van der Waals surface area contributed by atoms with Crippen LogP contribution in [0.2, 0.25) is 5.02 Å². The third-order valence-electron chi connectivity index (χ3n) is 5.41. The van der Waals surface area contributed by atoms with Crippen molar-refractivity contribution in [2.75, 3.05) is 11.9 Å². The molecule has 1 amide bonds. The van der Waals surface area contributed by atoms with E-state index in [-0.39, 0.29) is 17.4 Å². The highest BCUT2D eigenvalue weighted by Gasteiger charge is 2.34. The van der Waals surface area contributed by atoms with E-state index in [0.717, 1.165) is 36.0 Å². The number of alkyl halides is 3. The Morgan fingerprint density at radius 2 is 2.06 bits per heavy atom. The summed E-state index contributed by atoms with van der Waals surface area (Å²) in [5, 5.41) is 5.77. The molecular weight excluding hydrogens is 472 g/mol. The first-order valence-electron chi connectivity index (χ1n) is 10.4. The maximum absolute atomic E-state index is 12.9. The quantitative estimate of drug-likeness (QED) is 0.404. The Bertz CT molecular complexity index is 1190. The minimum absolute atomic E-state index is 0.00685. The Balaban J connectivity index is 1.40. The lowest BCUT2D eigenvalue weighted by atomic mass is 10.1. The number of aliphatic imine (C=N–C) groups is 1. The van der Waals surface area contributed by atoms with E-state index in [4.69, 9.17) is 11.6 Å². The number of halogens is 4. The fraction of sp³-hybridized carbons (Fsp3) is 0.261. The number of hydrogen-bond donors (Lipinski definition) is 2. The molecule has 0 fully saturated rings. The molecule has 4 rings (SSSR count). The average molecular weight is 494 g/mol. The van der Waals surface area contributed by atoms with Crippen LogP contribution >= 0.6 is 20.2 Å². The van der Waals surface area contributed by atoms with Crippen LogP contribution in [0.3, 0.4) is 0 Å². The Hall–Kier alpha value is -2.54. The van der Waals surface area contributed by atoms with E-state index in [0.29, 0.717) is 14.3 Å². The van der Waals surface area contributed by atoms with Crippen LogP contribution in [0.25, 0.3) is 0 Å². The van der Waals surface area contributed by atoms with Crippen molar-refractivity contribution in [3.63, 3.8) is 0 Å². The van der Waals surface area contributed by atoms with Gasteiger partial charge >= 0.3 is 6.18 Å². The molecule has 2 aromatic carbocycles. The molecule has 0 saturated heterocycles. The van der Waals surface area contributed by atoms with Gasteiger partial charge in [0.15, 0.2) is 5.70 Å². The number of carbonyl (C=O) groups is 1. The van der Waals surface area contributed by atoms with Gasteiger partial charge in [-0.2, -0.15) is 17.7 Å². The zero-order valence-corrected chi connectivity index (χ0v) is 19.6. The number of nitrogens with zero attached hydrogens (tertiary/aromatic N) is 2. The zero-order chi connectivity index (χ0) is 23.8. The van der Waals surface area contributed by atoms with Crippen molar-refractivity contribution in [3.8, 4) is 0 Å². The van der Waals surface area contributed by atoms with Crippen LogP contribution in [0.1, 0.15) is 41.4 Å². The van der Waals surface area contributed by atoms with E-state index in [1.165, 1.54) is 5.44 Å². The summed E-state index contributed by atoms with van der Waals surface area (Å²) in [7, 11) is 0.578. The van der Waals surface area contributed by atoms with Gasteiger partial charge in [0.2, 0.25) is 11.7 Å². The number of benzene rings is 2. The van der Waals surface area contributed by atoms with Crippen molar-refractivity contribution >= 4 is 44.2 Å². The summed E-state index contributed by atoms with van der Waals surface area (Å²) < 4.78 is 40.9. The maximum atomic E-state index is 12.9. The molecule has 0 bridgehead atoms. The Morgan fingerprint density at radius 1 is 1.27 bits per heavy atom. The number of allylic oxidation sites excluding steroid dienone is 1. The fourth-order valence-corrected chi connectivity index (χ4v) is 5.35. The molecule has 3 atom stereocenters. The fourth-order valence-electron chi connectivity index (χ4n) is 3.62. The average Bonchev–Trinajstić information content (AvgIpc) is 2.75. The van der Waals surface area contributed by atoms with Crippen LogP contribution < -0.4 is 10.6 Å². The van der Waals surface area contributed by atoms with Crippen molar-refractivity contribution in [1.82, 2.24) is 5.32 Å². The predicted molar refractivity (Wildman–Crippen MR) is 127 cm³/mol. The highest BCUT2D eigenvalue weighted by Crippen LogP contribution is 2.39. The number of carbonyl (C=O) groups excluding carboxylic acids is 1. The third kappa shape index (κ3) is 5.18. The summed E-state index contributed by atoms with van der Waals surface area (Å²) in [4.78, 5) is 17.1. The van der Waals surface area contributed by atoms with E-state index in [2.05, 4.69) is 33.3 Å². The van der Waals surface area contributed by atoms with Crippen molar-refractivity contribution < 1.29 is 22.5 Å². The highest BCUT2D eigenvalue weighted by atomic mass is 35.5. The van der Waals surface area contributed by atoms with Gasteiger partial charge in [0.05, 0.1) is 16.4 Å². The molecule has 2 aromatic rings. The van der Waals surface area contributed by atoms with E-state index in [9.17, 15) is 18.0 Å². The van der Waals surface area contributed by atoms with Gasteiger partial charge in [-0.05, 0) is 49.7 Å². The first-order chi connectivity index (χ1) is 15.7. The molecule has 0 radical (unpaired) electrons. The molecule has 2 aliphatic heterocycles. The third-order valence-corrected chi connectivity index (χ3v) is 7.17. The zero-order valence-electron chi connectivity index (χ0n) is 17.9. The van der Waals surface area contributed by atoms with Crippen molar-refractivity contribution in [2.24, 2.45) is 4.99 Å². The van der Waals surface area contributed by atoms with Gasteiger partial charge in [-0.15, -0.1) is 0 Å². The van der Waals surface area contributed by atoms with Crippen LogP contribution in [0.5, 0.6) is 0 Å². The first-order valence-corrected chi connectivity index (χ1v) is 11.8. The van der Waals surface area contributed by atoms with Crippen LogP contribution in [-0.2, 0) is 6.18 Å². The molecule has 33 heavy (non-hydrogen) atoms. The van der Waals surface area contributed by atoms with Gasteiger partial charge < -0.3 is 5.32 Å². The summed E-state index contributed by atoms with van der Waals surface area (Å²) in [6.45, 7) is 5.06. The van der Waals surface area contributed by atoms with E-state index in [1.54, 1.807) is 6.07 Å². The SMILES string of the molecule is CC[N+]1=CC2=C1PC(NC(C)c1cccc(NC(=O)c3ccc(C(F)(F)F)c(Cl)c3)c1)C=N2. The molecule has 0 spiro atoms. The lowest BCUT2D eigenvalue weighted by Crippen LogP contribution is -2.34. The molecule has 10 heteroatoms. The van der Waals surface area contributed by atoms with E-state index in [1.807, 2.05) is 31.3 Å². The van der Waals surface area contributed by atoms with Crippen molar-refractivity contribution in [2.45, 2.75) is 31.8 Å². The molecule has 0 aliphatic carbocycles. The lowest BCUT2D eigenvalue weighted by molar-refractivity contribution is -0.467. The van der Waals surface area contributed by atoms with Gasteiger partial charge in [-0.1, -0.05) is 23.7 Å². The van der Waals surface area contributed by atoms with Gasteiger partial charge in [0, 0.05) is 32.1 Å². The van der Waals surface area contributed by atoms with Crippen LogP contribution in [0, 0.1) is 0 Å². The van der Waals surface area contributed by atoms with Crippen molar-refractivity contribution in [3.05, 3.63) is 75.3 Å². The Kier molecular flexibility index (Phi) is 6.71. The molecule has 2 aliphatic rings. The Labute approximate surface area is 196 Å². The second-order valence-electron chi connectivity index (χ2n) is 7.71. The largest absolute Gasteiger partial charge is 0.417 e.